The van der Waals surface area contributed by atoms with Gasteiger partial charge in [0.1, 0.15) is 6.54 Å². The van der Waals surface area contributed by atoms with Crippen molar-refractivity contribution in [1.82, 2.24) is 9.80 Å². The van der Waals surface area contributed by atoms with E-state index in [4.69, 9.17) is 0 Å². The first-order valence-corrected chi connectivity index (χ1v) is 8.18. The van der Waals surface area contributed by atoms with Crippen LogP contribution in [0, 0.1) is 0 Å². The Morgan fingerprint density at radius 1 is 1.16 bits per heavy atom. The molecule has 0 aliphatic carbocycles. The Bertz CT molecular complexity index is 626. The molecule has 25 heavy (non-hydrogen) atoms. The smallest absolute Gasteiger partial charge is 0.339 e. The molecule has 5 nitrogen and oxygen atoms in total. The van der Waals surface area contributed by atoms with E-state index in [1.807, 2.05) is 6.92 Å². The normalized spacial score (nSPS) is 16.0. The van der Waals surface area contributed by atoms with E-state index in [1.54, 1.807) is 4.90 Å². The van der Waals surface area contributed by atoms with E-state index in [2.05, 4.69) is 4.90 Å². The van der Waals surface area contributed by atoms with Gasteiger partial charge in [-0.1, -0.05) is 13.0 Å². The number of piperazine rings is 1. The Balaban J connectivity index is 2.11. The summed E-state index contributed by atoms with van der Waals surface area (Å²) < 4.78 is 38.6. The summed E-state index contributed by atoms with van der Waals surface area (Å²) in [4.78, 5) is 29.3. The van der Waals surface area contributed by atoms with Crippen LogP contribution < -0.4 is 4.90 Å². The van der Waals surface area contributed by atoms with Crippen molar-refractivity contribution in [2.24, 2.45) is 0 Å². The van der Waals surface area contributed by atoms with Gasteiger partial charge in [0.2, 0.25) is 11.8 Å². The van der Waals surface area contributed by atoms with Gasteiger partial charge >= 0.3 is 6.18 Å². The Hall–Kier alpha value is -2.09. The second kappa shape index (κ2) is 7.86. The lowest BCUT2D eigenvalue weighted by atomic mass is 10.1. The maximum Gasteiger partial charge on any atom is 0.416 e. The molecule has 0 atom stereocenters. The van der Waals surface area contributed by atoms with E-state index >= 15 is 0 Å². The molecule has 1 aromatic carbocycles. The molecule has 0 radical (unpaired) electrons. The maximum absolute atomic E-state index is 12.9. The van der Waals surface area contributed by atoms with Gasteiger partial charge in [-0.05, 0) is 24.7 Å². The molecule has 1 heterocycles. The van der Waals surface area contributed by atoms with Crippen LogP contribution in [0.1, 0.15) is 19.4 Å². The van der Waals surface area contributed by atoms with Gasteiger partial charge in [0.25, 0.3) is 0 Å². The molecule has 0 spiro atoms. The lowest BCUT2D eigenvalue weighted by Gasteiger charge is -2.35. The van der Waals surface area contributed by atoms with Gasteiger partial charge in [-0.25, -0.2) is 0 Å². The first-order chi connectivity index (χ1) is 11.7. The van der Waals surface area contributed by atoms with Crippen LogP contribution in [0.4, 0.5) is 18.9 Å². The quantitative estimate of drug-likeness (QED) is 0.830. The number of benzene rings is 1. The second-order valence-electron chi connectivity index (χ2n) is 5.97. The van der Waals surface area contributed by atoms with Crippen molar-refractivity contribution in [3.8, 4) is 0 Å². The van der Waals surface area contributed by atoms with Crippen molar-refractivity contribution in [2.75, 3.05) is 44.2 Å². The highest BCUT2D eigenvalue weighted by Gasteiger charge is 2.31. The minimum absolute atomic E-state index is 0.0721. The fourth-order valence-corrected chi connectivity index (χ4v) is 2.78. The first kappa shape index (κ1) is 19.2. The van der Waals surface area contributed by atoms with Crippen molar-refractivity contribution in [1.29, 1.82) is 0 Å². The van der Waals surface area contributed by atoms with Crippen LogP contribution in [0.5, 0.6) is 0 Å². The molecule has 0 unspecified atom stereocenters. The van der Waals surface area contributed by atoms with Crippen molar-refractivity contribution < 1.29 is 22.8 Å². The van der Waals surface area contributed by atoms with Gasteiger partial charge in [-0.15, -0.1) is 0 Å². The molecule has 0 bridgehead atoms. The van der Waals surface area contributed by atoms with Crippen LogP contribution >= 0.6 is 0 Å². The molecule has 0 saturated carbocycles. The highest BCUT2D eigenvalue weighted by molar-refractivity contribution is 5.97. The number of carbonyl (C=O) groups excluding carboxylic acids is 2. The minimum atomic E-state index is -4.50. The lowest BCUT2D eigenvalue weighted by molar-refractivity contribution is -0.137. The summed E-state index contributed by atoms with van der Waals surface area (Å²) in [5, 5.41) is 0. The summed E-state index contributed by atoms with van der Waals surface area (Å²) in [5.41, 5.74) is -0.775. The molecule has 8 heteroatoms. The molecule has 1 aliphatic heterocycles. The standard InChI is InChI=1S/C17H22F3N3O2/c1-3-21-7-9-22(10-8-21)16(25)12-23(13(2)24)15-6-4-5-14(11-15)17(18,19)20/h4-6,11H,3,7-10,12H2,1-2H3. The number of amides is 2. The van der Waals surface area contributed by atoms with Gasteiger partial charge in [-0.2, -0.15) is 13.2 Å². The van der Waals surface area contributed by atoms with E-state index in [0.29, 0.717) is 13.1 Å². The monoisotopic (exact) mass is 357 g/mol. The van der Waals surface area contributed by atoms with E-state index in [9.17, 15) is 22.8 Å². The summed E-state index contributed by atoms with van der Waals surface area (Å²) in [7, 11) is 0. The average Bonchev–Trinajstić information content (AvgIpc) is 2.58. The summed E-state index contributed by atoms with van der Waals surface area (Å²) >= 11 is 0. The topological polar surface area (TPSA) is 43.9 Å². The maximum atomic E-state index is 12.9. The van der Waals surface area contributed by atoms with E-state index in [1.165, 1.54) is 19.1 Å². The third-order valence-electron chi connectivity index (χ3n) is 4.33. The number of alkyl halides is 3. The zero-order valence-electron chi connectivity index (χ0n) is 14.3. The molecule has 1 aliphatic rings. The van der Waals surface area contributed by atoms with Gasteiger partial charge in [0, 0.05) is 38.8 Å². The molecular formula is C17H22F3N3O2. The zero-order valence-corrected chi connectivity index (χ0v) is 14.3. The van der Waals surface area contributed by atoms with Crippen molar-refractivity contribution in [3.63, 3.8) is 0 Å². The van der Waals surface area contributed by atoms with Crippen LogP contribution in [0.15, 0.2) is 24.3 Å². The Morgan fingerprint density at radius 2 is 1.80 bits per heavy atom. The van der Waals surface area contributed by atoms with E-state index < -0.39 is 17.6 Å². The molecule has 0 aromatic heterocycles. The van der Waals surface area contributed by atoms with Crippen molar-refractivity contribution in [3.05, 3.63) is 29.8 Å². The molecule has 1 fully saturated rings. The summed E-state index contributed by atoms with van der Waals surface area (Å²) in [5.74, 6) is -0.733. The van der Waals surface area contributed by atoms with Crippen LogP contribution in [0.2, 0.25) is 0 Å². The number of hydrogen-bond acceptors (Lipinski definition) is 3. The third-order valence-corrected chi connectivity index (χ3v) is 4.33. The van der Waals surface area contributed by atoms with Crippen LogP contribution in [0.25, 0.3) is 0 Å². The number of anilines is 1. The molecule has 138 valence electrons. The predicted octanol–water partition coefficient (Wildman–Crippen LogP) is 2.22. The zero-order chi connectivity index (χ0) is 18.6. The van der Waals surface area contributed by atoms with Crippen LogP contribution in [-0.2, 0) is 15.8 Å². The number of carbonyl (C=O) groups is 2. The number of rotatable bonds is 4. The molecule has 1 saturated heterocycles. The van der Waals surface area contributed by atoms with Gasteiger partial charge < -0.3 is 14.7 Å². The first-order valence-electron chi connectivity index (χ1n) is 8.18. The Labute approximate surface area is 145 Å². The fraction of sp³-hybridized carbons (Fsp3) is 0.529. The Morgan fingerprint density at radius 3 is 2.32 bits per heavy atom. The van der Waals surface area contributed by atoms with E-state index in [-0.39, 0.29) is 18.1 Å². The van der Waals surface area contributed by atoms with Gasteiger partial charge in [0.05, 0.1) is 5.56 Å². The third kappa shape index (κ3) is 4.94. The molecular weight excluding hydrogens is 335 g/mol. The largest absolute Gasteiger partial charge is 0.416 e. The minimum Gasteiger partial charge on any atom is -0.339 e. The van der Waals surface area contributed by atoms with Crippen LogP contribution in [0.3, 0.4) is 0 Å². The summed E-state index contributed by atoms with van der Waals surface area (Å²) in [6, 6.07) is 4.47. The highest BCUT2D eigenvalue weighted by atomic mass is 19.4. The van der Waals surface area contributed by atoms with Crippen molar-refractivity contribution in [2.45, 2.75) is 20.0 Å². The predicted molar refractivity (Wildman–Crippen MR) is 88.2 cm³/mol. The SMILES string of the molecule is CCN1CCN(C(=O)CN(C(C)=O)c2cccc(C(F)(F)F)c2)CC1. The average molecular weight is 357 g/mol. The van der Waals surface area contributed by atoms with Crippen molar-refractivity contribution >= 4 is 17.5 Å². The lowest BCUT2D eigenvalue weighted by Crippen LogP contribution is -2.51. The van der Waals surface area contributed by atoms with Gasteiger partial charge in [-0.3, -0.25) is 9.59 Å². The van der Waals surface area contributed by atoms with E-state index in [0.717, 1.165) is 36.7 Å². The highest BCUT2D eigenvalue weighted by Crippen LogP contribution is 2.31. The number of nitrogens with zero attached hydrogens (tertiary/aromatic N) is 3. The van der Waals surface area contributed by atoms with Gasteiger partial charge in [0.15, 0.2) is 0 Å². The molecule has 2 rings (SSSR count). The molecule has 0 N–H and O–H groups in total. The number of halogens is 3. The van der Waals surface area contributed by atoms with Crippen LogP contribution in [-0.4, -0.2) is 60.9 Å². The summed E-state index contributed by atoms with van der Waals surface area (Å²) in [6.45, 7) is 6.56. The molecule has 1 aromatic rings. The number of hydrogen-bond donors (Lipinski definition) is 0. The summed E-state index contributed by atoms with van der Waals surface area (Å²) in [6.07, 6.45) is -4.50. The number of likely N-dealkylation sites (N-methyl/N-ethyl adjacent to an activating group) is 1. The second-order valence-corrected chi connectivity index (χ2v) is 5.97. The molecule has 2 amide bonds. The fourth-order valence-electron chi connectivity index (χ4n) is 2.78. The Kier molecular flexibility index (Phi) is 6.05.